The number of fused-ring (bicyclic) bond motifs is 1. The van der Waals surface area contributed by atoms with Crippen LogP contribution in [0.1, 0.15) is 30.0 Å². The summed E-state index contributed by atoms with van der Waals surface area (Å²) in [6.07, 6.45) is 2.64. The molecule has 1 saturated heterocycles. The molecule has 0 aliphatic carbocycles. The molecule has 1 atom stereocenters. The van der Waals surface area contributed by atoms with Crippen molar-refractivity contribution in [3.05, 3.63) is 95.7 Å². The smallest absolute Gasteiger partial charge is 0.122 e. The van der Waals surface area contributed by atoms with Crippen molar-refractivity contribution in [1.82, 2.24) is 21.2 Å². The number of hydrogen-bond acceptors (Lipinski definition) is 8. The first-order chi connectivity index (χ1) is 20.1. The van der Waals surface area contributed by atoms with E-state index in [1.165, 1.54) is 38.1 Å². The zero-order chi connectivity index (χ0) is 28.6. The molecule has 3 aromatic carbocycles. The van der Waals surface area contributed by atoms with Gasteiger partial charge in [0.15, 0.2) is 0 Å². The molecule has 2 heterocycles. The number of rotatable bonds is 14. The average molecular weight is 572 g/mol. The van der Waals surface area contributed by atoms with E-state index in [2.05, 4.69) is 94.5 Å². The molecule has 1 fully saturated rings. The van der Waals surface area contributed by atoms with Crippen LogP contribution in [0.5, 0.6) is 11.5 Å². The highest BCUT2D eigenvalue weighted by Crippen LogP contribution is 2.40. The monoisotopic (exact) mass is 571 g/mol. The minimum Gasteiger partial charge on any atom is -0.496 e. The minimum absolute atomic E-state index is 0.539. The van der Waals surface area contributed by atoms with Crippen molar-refractivity contribution in [3.63, 3.8) is 0 Å². The van der Waals surface area contributed by atoms with Crippen LogP contribution in [-0.4, -0.2) is 45.0 Å². The summed E-state index contributed by atoms with van der Waals surface area (Å²) in [6, 6.07) is 23.6. The van der Waals surface area contributed by atoms with Crippen LogP contribution in [0.25, 0.3) is 20.5 Å². The number of methoxy groups -OCH3 is 1. The molecule has 1 aliphatic rings. The van der Waals surface area contributed by atoms with E-state index in [0.29, 0.717) is 25.6 Å². The van der Waals surface area contributed by atoms with Gasteiger partial charge in [-0.1, -0.05) is 36.9 Å². The molecule has 216 valence electrons. The van der Waals surface area contributed by atoms with E-state index < -0.39 is 0 Å². The highest BCUT2D eigenvalue weighted by atomic mass is 32.1. The predicted molar refractivity (Wildman–Crippen MR) is 170 cm³/mol. The first kappa shape index (κ1) is 29.1. The Morgan fingerprint density at radius 1 is 1.15 bits per heavy atom. The van der Waals surface area contributed by atoms with Gasteiger partial charge in [-0.3, -0.25) is 5.84 Å². The molecule has 0 amide bonds. The first-order valence-electron chi connectivity index (χ1n) is 14.3. The van der Waals surface area contributed by atoms with Gasteiger partial charge in [0.2, 0.25) is 0 Å². The summed E-state index contributed by atoms with van der Waals surface area (Å²) in [7, 11) is 1.74. The fraction of sp³-hybridized carbons (Fsp3) is 0.333. The molecule has 41 heavy (non-hydrogen) atoms. The highest BCUT2D eigenvalue weighted by Gasteiger charge is 2.19. The van der Waals surface area contributed by atoms with E-state index in [0.717, 1.165) is 48.8 Å². The van der Waals surface area contributed by atoms with E-state index in [9.17, 15) is 0 Å². The van der Waals surface area contributed by atoms with E-state index in [4.69, 9.17) is 15.3 Å². The van der Waals surface area contributed by atoms with E-state index in [1.807, 2.05) is 18.3 Å². The second kappa shape index (κ2) is 14.0. The summed E-state index contributed by atoms with van der Waals surface area (Å²) in [5.74, 6) is 8.01. The fourth-order valence-electron chi connectivity index (χ4n) is 5.56. The lowest BCUT2D eigenvalue weighted by atomic mass is 9.97. The van der Waals surface area contributed by atoms with Crippen molar-refractivity contribution in [3.8, 4) is 21.9 Å². The van der Waals surface area contributed by atoms with Crippen LogP contribution in [0.2, 0.25) is 0 Å². The normalized spacial score (nSPS) is 15.0. The maximum absolute atomic E-state index is 5.87. The van der Waals surface area contributed by atoms with Crippen molar-refractivity contribution in [2.75, 3.05) is 40.0 Å². The Bertz CT molecular complexity index is 1450. The maximum Gasteiger partial charge on any atom is 0.122 e. The van der Waals surface area contributed by atoms with Gasteiger partial charge in [0, 0.05) is 28.2 Å². The van der Waals surface area contributed by atoms with Gasteiger partial charge < -0.3 is 20.2 Å². The number of thiophene rings is 1. The van der Waals surface area contributed by atoms with Gasteiger partial charge in [-0.05, 0) is 103 Å². The predicted octanol–water partition coefficient (Wildman–Crippen LogP) is 5.46. The van der Waals surface area contributed by atoms with Crippen molar-refractivity contribution in [1.29, 1.82) is 0 Å². The number of hydrazine groups is 2. The Hall–Kier alpha value is -3.40. The number of ether oxygens (including phenoxy) is 2. The van der Waals surface area contributed by atoms with Crippen LogP contribution in [-0.2, 0) is 12.8 Å². The summed E-state index contributed by atoms with van der Waals surface area (Å²) in [5, 5.41) is 6.83. The van der Waals surface area contributed by atoms with Crippen LogP contribution in [0.4, 0.5) is 0 Å². The second-order valence-corrected chi connectivity index (χ2v) is 11.6. The van der Waals surface area contributed by atoms with Crippen LogP contribution in [0.15, 0.2) is 79.0 Å². The van der Waals surface area contributed by atoms with Gasteiger partial charge >= 0.3 is 0 Å². The van der Waals surface area contributed by atoms with Gasteiger partial charge in [-0.15, -0.1) is 11.3 Å². The third-order valence-electron chi connectivity index (χ3n) is 7.50. The number of nitrogens with one attached hydrogen (secondary N) is 3. The van der Waals surface area contributed by atoms with E-state index >= 15 is 0 Å². The summed E-state index contributed by atoms with van der Waals surface area (Å²) in [5.41, 5.74) is 12.0. The van der Waals surface area contributed by atoms with Gasteiger partial charge in [-0.2, -0.15) is 0 Å². The Morgan fingerprint density at radius 2 is 1.98 bits per heavy atom. The summed E-state index contributed by atoms with van der Waals surface area (Å²) < 4.78 is 12.8. The lowest BCUT2D eigenvalue weighted by molar-refractivity contribution is 0.167. The number of nitrogens with zero attached hydrogens (tertiary/aromatic N) is 1. The van der Waals surface area contributed by atoms with Crippen molar-refractivity contribution in [2.45, 2.75) is 26.2 Å². The van der Waals surface area contributed by atoms with Crippen LogP contribution >= 0.6 is 11.3 Å². The van der Waals surface area contributed by atoms with Crippen molar-refractivity contribution >= 4 is 21.4 Å². The highest BCUT2D eigenvalue weighted by molar-refractivity contribution is 7.22. The lowest BCUT2D eigenvalue weighted by Crippen LogP contribution is -2.48. The Balaban J connectivity index is 1.34. The molecule has 1 aliphatic heterocycles. The van der Waals surface area contributed by atoms with Gasteiger partial charge in [0.25, 0.3) is 0 Å². The molecule has 0 spiro atoms. The SMILES string of the molecule is C=C(Cc1ccc(Cc2c(-c3ccc(OCC)cc3)sc3ccccc23)cc1OC)NN(CNN)CC1CCNC1. The van der Waals surface area contributed by atoms with Gasteiger partial charge in [0.1, 0.15) is 11.5 Å². The average Bonchev–Trinajstić information content (AvgIpc) is 3.62. The molecular formula is C33H41N5O2S. The van der Waals surface area contributed by atoms with Gasteiger partial charge in [-0.25, -0.2) is 10.4 Å². The molecule has 8 heteroatoms. The molecule has 0 bridgehead atoms. The third-order valence-corrected chi connectivity index (χ3v) is 8.76. The lowest BCUT2D eigenvalue weighted by Gasteiger charge is -2.27. The number of benzene rings is 3. The maximum atomic E-state index is 5.87. The van der Waals surface area contributed by atoms with Crippen molar-refractivity contribution < 1.29 is 9.47 Å². The second-order valence-electron chi connectivity index (χ2n) is 10.5. The molecule has 0 saturated carbocycles. The molecule has 7 nitrogen and oxygen atoms in total. The molecule has 4 aromatic rings. The summed E-state index contributed by atoms with van der Waals surface area (Å²) in [6.45, 7) is 10.5. The quantitative estimate of drug-likeness (QED) is 0.0909. The molecule has 5 rings (SSSR count). The van der Waals surface area contributed by atoms with Crippen LogP contribution < -0.4 is 31.5 Å². The molecule has 0 radical (unpaired) electrons. The first-order valence-corrected chi connectivity index (χ1v) is 15.1. The standard InChI is InChI=1S/C33H41N5O2S/c1-4-40-28-13-11-26(12-14-28)33-30(29-7-5-6-8-32(29)41-33)18-24-9-10-27(31(19-24)39-3)17-23(2)37-38(22-36-34)21-25-15-16-35-20-25/h5-14,19,25,35-37H,2,4,15-18,20-22,34H2,1,3H3. The molecule has 1 unspecified atom stereocenters. The number of allylic oxidation sites excluding steroid dienone is 1. The van der Waals surface area contributed by atoms with Crippen LogP contribution in [0, 0.1) is 5.92 Å². The number of nitrogens with two attached hydrogens (primary N) is 1. The molecular weight excluding hydrogens is 530 g/mol. The summed E-state index contributed by atoms with van der Waals surface area (Å²) in [4.78, 5) is 1.29. The Morgan fingerprint density at radius 3 is 2.71 bits per heavy atom. The minimum atomic E-state index is 0.539. The van der Waals surface area contributed by atoms with Gasteiger partial charge in [0.05, 0.1) is 20.4 Å². The van der Waals surface area contributed by atoms with E-state index in [1.54, 1.807) is 7.11 Å². The third kappa shape index (κ3) is 7.28. The van der Waals surface area contributed by atoms with Crippen LogP contribution in [0.3, 0.4) is 0 Å². The molecule has 1 aromatic heterocycles. The van der Waals surface area contributed by atoms with Crippen molar-refractivity contribution in [2.24, 2.45) is 11.8 Å². The molecule has 5 N–H and O–H groups in total. The topological polar surface area (TPSA) is 83.8 Å². The fourth-order valence-corrected chi connectivity index (χ4v) is 6.79. The zero-order valence-corrected chi connectivity index (χ0v) is 24.9. The van der Waals surface area contributed by atoms with E-state index in [-0.39, 0.29) is 0 Å². The Kier molecular flexibility index (Phi) is 9.92. The summed E-state index contributed by atoms with van der Waals surface area (Å²) >= 11 is 1.84. The zero-order valence-electron chi connectivity index (χ0n) is 24.0. The number of hydrogen-bond donors (Lipinski definition) is 4. The largest absolute Gasteiger partial charge is 0.496 e. The Labute approximate surface area is 247 Å².